The minimum Gasteiger partial charge on any atom is -0.361 e. The van der Waals surface area contributed by atoms with Gasteiger partial charge in [-0.3, -0.25) is 9.89 Å². The molecule has 5 rings (SSSR count). The molecule has 6 nitrogen and oxygen atoms in total. The van der Waals surface area contributed by atoms with Crippen LogP contribution in [0, 0.1) is 5.82 Å². The first-order chi connectivity index (χ1) is 13.7. The highest BCUT2D eigenvalue weighted by molar-refractivity contribution is 6.09. The summed E-state index contributed by atoms with van der Waals surface area (Å²) in [7, 11) is 0. The number of anilines is 1. The van der Waals surface area contributed by atoms with E-state index in [0.29, 0.717) is 5.69 Å². The number of amides is 1. The van der Waals surface area contributed by atoms with Gasteiger partial charge in [0.25, 0.3) is 5.91 Å². The summed E-state index contributed by atoms with van der Waals surface area (Å²) in [4.78, 5) is 19.6. The molecule has 0 saturated heterocycles. The van der Waals surface area contributed by atoms with Crippen molar-refractivity contribution >= 4 is 33.4 Å². The van der Waals surface area contributed by atoms with Crippen molar-refractivity contribution in [2.45, 2.75) is 0 Å². The number of aromatic nitrogens is 4. The van der Waals surface area contributed by atoms with Gasteiger partial charge in [-0.15, -0.1) is 0 Å². The maximum absolute atomic E-state index is 13.1. The average molecular weight is 371 g/mol. The quantitative estimate of drug-likeness (QED) is 0.436. The summed E-state index contributed by atoms with van der Waals surface area (Å²) < 4.78 is 13.1. The van der Waals surface area contributed by atoms with E-state index >= 15 is 0 Å². The Kier molecular flexibility index (Phi) is 3.65. The van der Waals surface area contributed by atoms with Gasteiger partial charge in [0.05, 0.1) is 23.6 Å². The summed E-state index contributed by atoms with van der Waals surface area (Å²) in [5, 5.41) is 11.8. The Morgan fingerprint density at radius 2 is 1.93 bits per heavy atom. The monoisotopic (exact) mass is 371 g/mol. The van der Waals surface area contributed by atoms with Crippen molar-refractivity contribution in [3.63, 3.8) is 0 Å². The lowest BCUT2D eigenvalue weighted by Crippen LogP contribution is -2.13. The van der Waals surface area contributed by atoms with Gasteiger partial charge in [0.15, 0.2) is 0 Å². The number of hydrogen-bond donors (Lipinski definition) is 3. The van der Waals surface area contributed by atoms with Crippen molar-refractivity contribution in [1.29, 1.82) is 0 Å². The molecule has 3 aromatic heterocycles. The fraction of sp³-hybridized carbons (Fsp3) is 0. The lowest BCUT2D eigenvalue weighted by Gasteiger charge is -2.10. The number of H-pyrrole nitrogens is 2. The third-order valence-corrected chi connectivity index (χ3v) is 4.67. The highest BCUT2D eigenvalue weighted by Crippen LogP contribution is 2.34. The Bertz CT molecular complexity index is 1320. The number of nitrogens with zero attached hydrogens (tertiary/aromatic N) is 2. The molecular formula is C21H14FN5O. The first-order valence-corrected chi connectivity index (χ1v) is 8.65. The van der Waals surface area contributed by atoms with Crippen molar-refractivity contribution in [1.82, 2.24) is 20.2 Å². The fourth-order valence-corrected chi connectivity index (χ4v) is 3.34. The number of nitrogens with one attached hydrogen (secondary N) is 3. The number of rotatable bonds is 3. The van der Waals surface area contributed by atoms with Crippen LogP contribution in [0.3, 0.4) is 0 Å². The lowest BCUT2D eigenvalue weighted by molar-refractivity contribution is 0.102. The van der Waals surface area contributed by atoms with Crippen LogP contribution >= 0.6 is 0 Å². The Morgan fingerprint density at radius 1 is 1.00 bits per heavy atom. The van der Waals surface area contributed by atoms with Crippen molar-refractivity contribution < 1.29 is 9.18 Å². The Morgan fingerprint density at radius 3 is 2.79 bits per heavy atom. The molecule has 0 fully saturated rings. The van der Waals surface area contributed by atoms with Gasteiger partial charge >= 0.3 is 0 Å². The number of fused-ring (bicyclic) bond motifs is 2. The number of pyridine rings is 1. The van der Waals surface area contributed by atoms with E-state index in [1.165, 1.54) is 12.1 Å². The summed E-state index contributed by atoms with van der Waals surface area (Å²) >= 11 is 0. The van der Waals surface area contributed by atoms with Gasteiger partial charge < -0.3 is 10.3 Å². The number of aromatic amines is 2. The summed E-state index contributed by atoms with van der Waals surface area (Å²) in [6, 6.07) is 14.5. The van der Waals surface area contributed by atoms with Crippen molar-refractivity contribution in [3.8, 4) is 11.1 Å². The molecule has 0 atom stereocenters. The van der Waals surface area contributed by atoms with E-state index in [0.717, 1.165) is 39.1 Å². The second-order valence-electron chi connectivity index (χ2n) is 6.42. The predicted molar refractivity (Wildman–Crippen MR) is 106 cm³/mol. The summed E-state index contributed by atoms with van der Waals surface area (Å²) in [5.74, 6) is -0.908. The summed E-state index contributed by atoms with van der Waals surface area (Å²) in [6.45, 7) is 0. The molecule has 0 bridgehead atoms. The van der Waals surface area contributed by atoms with Crippen LogP contribution < -0.4 is 5.32 Å². The maximum Gasteiger partial charge on any atom is 0.274 e. The molecule has 0 unspecified atom stereocenters. The molecule has 0 aliphatic carbocycles. The predicted octanol–water partition coefficient (Wildman–Crippen LogP) is 4.50. The van der Waals surface area contributed by atoms with Gasteiger partial charge in [-0.2, -0.15) is 5.10 Å². The van der Waals surface area contributed by atoms with E-state index in [4.69, 9.17) is 0 Å². The van der Waals surface area contributed by atoms with Gasteiger partial charge in [-0.05, 0) is 47.5 Å². The molecule has 2 aromatic carbocycles. The second kappa shape index (κ2) is 6.31. The van der Waals surface area contributed by atoms with E-state index in [1.807, 2.05) is 42.6 Å². The molecule has 0 aliphatic rings. The van der Waals surface area contributed by atoms with Crippen LogP contribution in [0.1, 0.15) is 10.5 Å². The van der Waals surface area contributed by atoms with Crippen molar-refractivity contribution in [2.24, 2.45) is 0 Å². The van der Waals surface area contributed by atoms with E-state index in [9.17, 15) is 9.18 Å². The number of halogens is 1. The largest absolute Gasteiger partial charge is 0.361 e. The highest BCUT2D eigenvalue weighted by atomic mass is 19.1. The van der Waals surface area contributed by atoms with Crippen LogP contribution in [0.15, 0.2) is 67.1 Å². The fourth-order valence-electron chi connectivity index (χ4n) is 3.34. The van der Waals surface area contributed by atoms with Gasteiger partial charge in [-0.25, -0.2) is 9.37 Å². The average Bonchev–Trinajstić information content (AvgIpc) is 3.37. The van der Waals surface area contributed by atoms with Gasteiger partial charge in [0, 0.05) is 22.5 Å². The van der Waals surface area contributed by atoms with Crippen LogP contribution in [0.5, 0.6) is 0 Å². The number of benzene rings is 2. The standard InChI is InChI=1S/C21H14FN5O/c22-13-4-5-18(24-10-13)21(28)26-19-8-12(9-20-16(19)11-25-27-20)14-2-1-3-17-15(14)6-7-23-17/h1-11,23H,(H,25,27)(H,26,28). The first-order valence-electron chi connectivity index (χ1n) is 8.65. The van der Waals surface area contributed by atoms with Gasteiger partial charge in [0.2, 0.25) is 0 Å². The molecule has 0 saturated carbocycles. The Hall–Kier alpha value is -4.00. The molecule has 136 valence electrons. The molecule has 5 aromatic rings. The molecule has 0 spiro atoms. The highest BCUT2D eigenvalue weighted by Gasteiger charge is 2.14. The lowest BCUT2D eigenvalue weighted by atomic mass is 9.99. The zero-order chi connectivity index (χ0) is 19.1. The zero-order valence-electron chi connectivity index (χ0n) is 14.5. The van der Waals surface area contributed by atoms with E-state index < -0.39 is 11.7 Å². The van der Waals surface area contributed by atoms with Crippen molar-refractivity contribution in [3.05, 3.63) is 78.6 Å². The SMILES string of the molecule is O=C(Nc1cc(-c2cccc3[nH]ccc23)cc2[nH]ncc12)c1ccc(F)cn1. The molecular weight excluding hydrogens is 357 g/mol. The zero-order valence-corrected chi connectivity index (χ0v) is 14.5. The van der Waals surface area contributed by atoms with Crippen LogP contribution in [0.4, 0.5) is 10.1 Å². The topological polar surface area (TPSA) is 86.5 Å². The normalized spacial score (nSPS) is 11.2. The minimum absolute atomic E-state index is 0.135. The molecule has 0 aliphatic heterocycles. The third-order valence-electron chi connectivity index (χ3n) is 4.67. The van der Waals surface area contributed by atoms with E-state index in [-0.39, 0.29) is 5.69 Å². The minimum atomic E-state index is -0.490. The van der Waals surface area contributed by atoms with Crippen LogP contribution in [-0.4, -0.2) is 26.1 Å². The Balaban J connectivity index is 1.61. The van der Waals surface area contributed by atoms with Crippen LogP contribution in [-0.2, 0) is 0 Å². The molecule has 3 N–H and O–H groups in total. The molecule has 3 heterocycles. The van der Waals surface area contributed by atoms with Gasteiger partial charge in [-0.1, -0.05) is 12.1 Å². The number of hydrogen-bond acceptors (Lipinski definition) is 3. The van der Waals surface area contributed by atoms with Gasteiger partial charge in [0.1, 0.15) is 11.5 Å². The summed E-state index contributed by atoms with van der Waals surface area (Å²) in [5.41, 5.74) is 4.53. The van der Waals surface area contributed by atoms with Crippen LogP contribution in [0.2, 0.25) is 0 Å². The van der Waals surface area contributed by atoms with Crippen molar-refractivity contribution in [2.75, 3.05) is 5.32 Å². The molecule has 0 radical (unpaired) electrons. The third kappa shape index (κ3) is 2.69. The van der Waals surface area contributed by atoms with E-state index in [2.05, 4.69) is 25.5 Å². The summed E-state index contributed by atoms with van der Waals surface area (Å²) in [6.07, 6.45) is 4.57. The maximum atomic E-state index is 13.1. The van der Waals surface area contributed by atoms with Crippen LogP contribution in [0.25, 0.3) is 32.9 Å². The second-order valence-corrected chi connectivity index (χ2v) is 6.42. The first kappa shape index (κ1) is 16.2. The Labute approximate surface area is 158 Å². The van der Waals surface area contributed by atoms with E-state index in [1.54, 1.807) is 6.20 Å². The molecule has 7 heteroatoms. The number of carbonyl (C=O) groups is 1. The smallest absolute Gasteiger partial charge is 0.274 e. The number of carbonyl (C=O) groups excluding carboxylic acids is 1. The molecule has 1 amide bonds. The molecule has 28 heavy (non-hydrogen) atoms.